The molecule has 1 amide bonds. The summed E-state index contributed by atoms with van der Waals surface area (Å²) in [5.74, 6) is -0.442. The molecule has 0 radical (unpaired) electrons. The normalized spacial score (nSPS) is 12.7. The lowest BCUT2D eigenvalue weighted by atomic mass is 10.0. The second kappa shape index (κ2) is 11.1. The van der Waals surface area contributed by atoms with E-state index in [1.165, 1.54) is 12.1 Å². The van der Waals surface area contributed by atoms with Crippen LogP contribution >= 0.6 is 0 Å². The molecule has 7 heteroatoms. The molecule has 2 rings (SSSR count). The minimum atomic E-state index is -1.14. The van der Waals surface area contributed by atoms with Gasteiger partial charge in [0.05, 0.1) is 18.3 Å². The molecule has 7 nitrogen and oxygen atoms in total. The van der Waals surface area contributed by atoms with E-state index in [-0.39, 0.29) is 26.2 Å². The van der Waals surface area contributed by atoms with Crippen molar-refractivity contribution in [3.8, 4) is 0 Å². The quantitative estimate of drug-likeness (QED) is 0.571. The topological polar surface area (TPSA) is 105 Å². The van der Waals surface area contributed by atoms with Crippen molar-refractivity contribution in [1.29, 1.82) is 0 Å². The van der Waals surface area contributed by atoms with Gasteiger partial charge in [-0.3, -0.25) is 0 Å². The highest BCUT2D eigenvalue weighted by molar-refractivity contribution is 5.89. The predicted molar refractivity (Wildman–Crippen MR) is 103 cm³/mol. The Morgan fingerprint density at radius 3 is 2.32 bits per heavy atom. The number of esters is 1. The van der Waals surface area contributed by atoms with Gasteiger partial charge in [0.25, 0.3) is 0 Å². The van der Waals surface area contributed by atoms with Crippen molar-refractivity contribution < 1.29 is 29.3 Å². The average Bonchev–Trinajstić information content (AvgIpc) is 2.72. The summed E-state index contributed by atoms with van der Waals surface area (Å²) in [6, 6.07) is 15.5. The third-order valence-corrected chi connectivity index (χ3v) is 4.05. The number of rotatable bonds is 9. The first kappa shape index (κ1) is 21.4. The molecule has 0 saturated carbocycles. The first-order valence-electron chi connectivity index (χ1n) is 9.09. The molecule has 2 unspecified atom stereocenters. The highest BCUT2D eigenvalue weighted by atomic mass is 16.5. The van der Waals surface area contributed by atoms with Crippen LogP contribution in [0.15, 0.2) is 54.6 Å². The van der Waals surface area contributed by atoms with Gasteiger partial charge in [-0.05, 0) is 36.6 Å². The second-order valence-electron chi connectivity index (χ2n) is 6.13. The molecule has 0 heterocycles. The number of ether oxygens (including phenoxy) is 2. The highest BCUT2D eigenvalue weighted by Crippen LogP contribution is 2.19. The molecule has 150 valence electrons. The lowest BCUT2D eigenvalue weighted by Crippen LogP contribution is -2.29. The van der Waals surface area contributed by atoms with Crippen LogP contribution in [-0.2, 0) is 16.1 Å². The van der Waals surface area contributed by atoms with Gasteiger partial charge < -0.3 is 25.0 Å². The molecule has 2 atom stereocenters. The first-order valence-corrected chi connectivity index (χ1v) is 9.09. The Balaban J connectivity index is 1.73. The SMILES string of the molecule is CCOC(=O)c1ccc(C(O)C(O)CCNC(=O)OCc2ccccc2)cc1. The van der Waals surface area contributed by atoms with Crippen molar-refractivity contribution >= 4 is 12.1 Å². The number of benzene rings is 2. The Morgan fingerprint density at radius 1 is 1.00 bits per heavy atom. The molecule has 2 aromatic carbocycles. The van der Waals surface area contributed by atoms with Gasteiger partial charge in [0.15, 0.2) is 0 Å². The van der Waals surface area contributed by atoms with E-state index in [1.807, 2.05) is 30.3 Å². The van der Waals surface area contributed by atoms with Crippen molar-refractivity contribution in [3.05, 3.63) is 71.3 Å². The molecule has 0 saturated heterocycles. The number of carbonyl (C=O) groups is 2. The zero-order valence-electron chi connectivity index (χ0n) is 15.7. The number of nitrogens with one attached hydrogen (secondary N) is 1. The molecule has 0 aliphatic carbocycles. The van der Waals surface area contributed by atoms with Gasteiger partial charge in [-0.2, -0.15) is 0 Å². The van der Waals surface area contributed by atoms with E-state index < -0.39 is 24.3 Å². The molecular formula is C21H25NO6. The zero-order chi connectivity index (χ0) is 20.4. The molecule has 28 heavy (non-hydrogen) atoms. The van der Waals surface area contributed by atoms with E-state index in [1.54, 1.807) is 19.1 Å². The summed E-state index contributed by atoms with van der Waals surface area (Å²) in [6.07, 6.45) is -2.67. The molecule has 0 aliphatic rings. The average molecular weight is 387 g/mol. The summed E-state index contributed by atoms with van der Waals surface area (Å²) in [5.41, 5.74) is 1.71. The number of alkyl carbamates (subject to hydrolysis) is 1. The van der Waals surface area contributed by atoms with E-state index in [0.717, 1.165) is 5.56 Å². The van der Waals surface area contributed by atoms with Crippen LogP contribution in [0.25, 0.3) is 0 Å². The fourth-order valence-electron chi connectivity index (χ4n) is 2.51. The monoisotopic (exact) mass is 387 g/mol. The minimum Gasteiger partial charge on any atom is -0.462 e. The van der Waals surface area contributed by atoms with Crippen molar-refractivity contribution in [2.45, 2.75) is 32.2 Å². The summed E-state index contributed by atoms with van der Waals surface area (Å²) >= 11 is 0. The number of aliphatic hydroxyl groups excluding tert-OH is 2. The lowest BCUT2D eigenvalue weighted by molar-refractivity contribution is 0.0136. The van der Waals surface area contributed by atoms with E-state index >= 15 is 0 Å². The van der Waals surface area contributed by atoms with Crippen LogP contribution in [0, 0.1) is 0 Å². The maximum absolute atomic E-state index is 11.7. The summed E-state index contributed by atoms with van der Waals surface area (Å²) in [6.45, 7) is 2.30. The van der Waals surface area contributed by atoms with Gasteiger partial charge in [-0.1, -0.05) is 42.5 Å². The highest BCUT2D eigenvalue weighted by Gasteiger charge is 2.19. The first-order chi connectivity index (χ1) is 13.5. The van der Waals surface area contributed by atoms with Crippen LogP contribution in [0.5, 0.6) is 0 Å². The largest absolute Gasteiger partial charge is 0.462 e. The summed E-state index contributed by atoms with van der Waals surface area (Å²) in [7, 11) is 0. The number of carbonyl (C=O) groups excluding carboxylic acids is 2. The van der Waals surface area contributed by atoms with Crippen LogP contribution in [0.1, 0.15) is 40.9 Å². The third kappa shape index (κ3) is 6.68. The second-order valence-corrected chi connectivity index (χ2v) is 6.13. The summed E-state index contributed by atoms with van der Waals surface area (Å²) in [5, 5.41) is 22.9. The van der Waals surface area contributed by atoms with Crippen LogP contribution in [0.4, 0.5) is 4.79 Å². The van der Waals surface area contributed by atoms with Crippen LogP contribution < -0.4 is 5.32 Å². The van der Waals surface area contributed by atoms with Crippen molar-refractivity contribution in [3.63, 3.8) is 0 Å². The maximum Gasteiger partial charge on any atom is 0.407 e. The van der Waals surface area contributed by atoms with E-state index in [4.69, 9.17) is 9.47 Å². The Hall–Kier alpha value is -2.90. The zero-order valence-corrected chi connectivity index (χ0v) is 15.7. The van der Waals surface area contributed by atoms with Gasteiger partial charge in [0, 0.05) is 6.54 Å². The molecule has 0 spiro atoms. The van der Waals surface area contributed by atoms with Crippen LogP contribution in [0.3, 0.4) is 0 Å². The van der Waals surface area contributed by atoms with Gasteiger partial charge in [-0.15, -0.1) is 0 Å². The van der Waals surface area contributed by atoms with E-state index in [9.17, 15) is 19.8 Å². The van der Waals surface area contributed by atoms with Gasteiger partial charge in [0.1, 0.15) is 12.7 Å². The lowest BCUT2D eigenvalue weighted by Gasteiger charge is -2.18. The summed E-state index contributed by atoms with van der Waals surface area (Å²) < 4.78 is 9.97. The Morgan fingerprint density at radius 2 is 1.68 bits per heavy atom. The van der Waals surface area contributed by atoms with Crippen LogP contribution in [0.2, 0.25) is 0 Å². The van der Waals surface area contributed by atoms with Gasteiger partial charge >= 0.3 is 12.1 Å². The number of hydrogen-bond donors (Lipinski definition) is 3. The molecule has 0 fully saturated rings. The maximum atomic E-state index is 11.7. The Kier molecular flexibility index (Phi) is 8.45. The van der Waals surface area contributed by atoms with Gasteiger partial charge in [0.2, 0.25) is 0 Å². The summed E-state index contributed by atoms with van der Waals surface area (Å²) in [4.78, 5) is 23.3. The standard InChI is InChI=1S/C21H25NO6/c1-2-27-20(25)17-10-8-16(9-11-17)19(24)18(23)12-13-22-21(26)28-14-15-6-4-3-5-7-15/h3-11,18-19,23-24H,2,12-14H2,1H3,(H,22,26). The number of hydrogen-bond acceptors (Lipinski definition) is 6. The Bertz CT molecular complexity index is 747. The molecular weight excluding hydrogens is 362 g/mol. The van der Waals surface area contributed by atoms with E-state index in [2.05, 4.69) is 5.32 Å². The van der Waals surface area contributed by atoms with Crippen molar-refractivity contribution in [2.75, 3.05) is 13.2 Å². The molecule has 0 aliphatic heterocycles. The third-order valence-electron chi connectivity index (χ3n) is 4.05. The Labute approximate surface area is 163 Å². The number of aliphatic hydroxyl groups is 2. The fourth-order valence-corrected chi connectivity index (χ4v) is 2.51. The number of amides is 1. The molecule has 0 bridgehead atoms. The molecule has 0 aromatic heterocycles. The van der Waals surface area contributed by atoms with Crippen molar-refractivity contribution in [2.24, 2.45) is 0 Å². The smallest absolute Gasteiger partial charge is 0.407 e. The molecule has 3 N–H and O–H groups in total. The van der Waals surface area contributed by atoms with Gasteiger partial charge in [-0.25, -0.2) is 9.59 Å². The minimum absolute atomic E-state index is 0.140. The fraction of sp³-hybridized carbons (Fsp3) is 0.333. The predicted octanol–water partition coefficient (Wildman–Crippen LogP) is 2.57. The van der Waals surface area contributed by atoms with Crippen molar-refractivity contribution in [1.82, 2.24) is 5.32 Å². The van der Waals surface area contributed by atoms with Crippen LogP contribution in [-0.4, -0.2) is 41.5 Å². The molecule has 2 aromatic rings. The van der Waals surface area contributed by atoms with E-state index in [0.29, 0.717) is 11.1 Å².